The summed E-state index contributed by atoms with van der Waals surface area (Å²) in [6.07, 6.45) is 4.60. The van der Waals surface area contributed by atoms with Crippen LogP contribution in [0.3, 0.4) is 0 Å². The minimum absolute atomic E-state index is 0.626. The second kappa shape index (κ2) is 6.85. The van der Waals surface area contributed by atoms with Gasteiger partial charge in [0, 0.05) is 24.6 Å². The van der Waals surface area contributed by atoms with Gasteiger partial charge in [-0.25, -0.2) is 0 Å². The van der Waals surface area contributed by atoms with Crippen molar-refractivity contribution in [2.75, 3.05) is 5.32 Å². The molecular formula is C15H17N3S. The molecular weight excluding hydrogens is 254 g/mol. The number of nitrogens with zero attached hydrogens (tertiary/aromatic N) is 1. The number of rotatable bonds is 4. The Hall–Kier alpha value is -1.94. The maximum absolute atomic E-state index is 5.26. The molecule has 98 valence electrons. The number of anilines is 1. The number of hydrogen-bond acceptors (Lipinski definition) is 2. The summed E-state index contributed by atoms with van der Waals surface area (Å²) in [7, 11) is 0. The fraction of sp³-hybridized carbons (Fsp3) is 0.200. The van der Waals surface area contributed by atoms with E-state index in [0.717, 1.165) is 17.7 Å². The highest BCUT2D eigenvalue weighted by atomic mass is 32.1. The largest absolute Gasteiger partial charge is 0.358 e. The molecule has 0 fully saturated rings. The van der Waals surface area contributed by atoms with E-state index in [1.165, 1.54) is 5.56 Å². The smallest absolute Gasteiger partial charge is 0.171 e. The van der Waals surface area contributed by atoms with E-state index in [9.17, 15) is 0 Å². The molecule has 1 aromatic carbocycles. The molecule has 2 aromatic rings. The Morgan fingerprint density at radius 1 is 1.05 bits per heavy atom. The predicted octanol–water partition coefficient (Wildman–Crippen LogP) is 3.13. The molecule has 0 amide bonds. The Kier molecular flexibility index (Phi) is 4.86. The number of aromatic nitrogens is 1. The molecule has 0 spiro atoms. The van der Waals surface area contributed by atoms with Gasteiger partial charge in [0.05, 0.1) is 0 Å². The van der Waals surface area contributed by atoms with Crippen LogP contribution in [0.25, 0.3) is 0 Å². The highest BCUT2D eigenvalue weighted by Gasteiger charge is 1.98. The summed E-state index contributed by atoms with van der Waals surface area (Å²) >= 11 is 5.26. The lowest BCUT2D eigenvalue weighted by atomic mass is 10.1. The molecule has 0 saturated heterocycles. The van der Waals surface area contributed by atoms with E-state index in [2.05, 4.69) is 34.7 Å². The lowest BCUT2D eigenvalue weighted by molar-refractivity contribution is 0.921. The van der Waals surface area contributed by atoms with Crippen molar-refractivity contribution in [2.45, 2.75) is 19.9 Å². The van der Waals surface area contributed by atoms with Crippen molar-refractivity contribution in [2.24, 2.45) is 0 Å². The van der Waals surface area contributed by atoms with Gasteiger partial charge < -0.3 is 10.6 Å². The maximum atomic E-state index is 5.26. The number of thiocarbonyl (C=S) groups is 1. The lowest BCUT2D eigenvalue weighted by Crippen LogP contribution is -2.27. The molecule has 1 aromatic heterocycles. The van der Waals surface area contributed by atoms with E-state index in [4.69, 9.17) is 12.2 Å². The molecule has 0 radical (unpaired) electrons. The van der Waals surface area contributed by atoms with Crippen LogP contribution in [0, 0.1) is 0 Å². The van der Waals surface area contributed by atoms with Crippen LogP contribution in [0.4, 0.5) is 5.69 Å². The molecule has 0 saturated carbocycles. The van der Waals surface area contributed by atoms with E-state index in [1.54, 1.807) is 12.4 Å². The molecule has 1 heterocycles. The highest BCUT2D eigenvalue weighted by molar-refractivity contribution is 7.80. The van der Waals surface area contributed by atoms with Gasteiger partial charge in [-0.1, -0.05) is 19.1 Å². The van der Waals surface area contributed by atoms with Crippen LogP contribution in [0.15, 0.2) is 48.8 Å². The monoisotopic (exact) mass is 271 g/mol. The minimum atomic E-state index is 0.626. The summed E-state index contributed by atoms with van der Waals surface area (Å²) in [5.41, 5.74) is 3.48. The van der Waals surface area contributed by atoms with E-state index < -0.39 is 0 Å². The summed E-state index contributed by atoms with van der Waals surface area (Å²) in [5.74, 6) is 0. The van der Waals surface area contributed by atoms with Crippen molar-refractivity contribution in [1.82, 2.24) is 10.3 Å². The van der Waals surface area contributed by atoms with Crippen LogP contribution >= 0.6 is 12.2 Å². The molecule has 0 unspecified atom stereocenters. The summed E-state index contributed by atoms with van der Waals surface area (Å²) in [5, 5.41) is 6.96. The zero-order valence-electron chi connectivity index (χ0n) is 10.9. The molecule has 2 N–H and O–H groups in total. The summed E-state index contributed by atoms with van der Waals surface area (Å²) in [6, 6.07) is 12.2. The second-order valence-electron chi connectivity index (χ2n) is 4.21. The Bertz CT molecular complexity index is 523. The first-order chi connectivity index (χ1) is 9.28. The Labute approximate surface area is 119 Å². The third-order valence-corrected chi connectivity index (χ3v) is 3.07. The van der Waals surface area contributed by atoms with Gasteiger partial charge in [0.1, 0.15) is 0 Å². The van der Waals surface area contributed by atoms with Gasteiger partial charge in [-0.2, -0.15) is 0 Å². The first-order valence-electron chi connectivity index (χ1n) is 6.30. The van der Waals surface area contributed by atoms with Gasteiger partial charge in [-0.15, -0.1) is 0 Å². The number of hydrogen-bond donors (Lipinski definition) is 2. The molecule has 0 bridgehead atoms. The van der Waals surface area contributed by atoms with Crippen molar-refractivity contribution in [3.63, 3.8) is 0 Å². The van der Waals surface area contributed by atoms with Crippen LogP contribution in [-0.4, -0.2) is 10.1 Å². The first kappa shape index (κ1) is 13.5. The van der Waals surface area contributed by atoms with E-state index >= 15 is 0 Å². The van der Waals surface area contributed by atoms with E-state index in [1.807, 2.05) is 24.3 Å². The average Bonchev–Trinajstić information content (AvgIpc) is 2.47. The molecule has 3 nitrogen and oxygen atoms in total. The average molecular weight is 271 g/mol. The van der Waals surface area contributed by atoms with Crippen molar-refractivity contribution >= 4 is 23.0 Å². The van der Waals surface area contributed by atoms with Gasteiger partial charge in [0.25, 0.3) is 0 Å². The van der Waals surface area contributed by atoms with Crippen LogP contribution < -0.4 is 10.6 Å². The second-order valence-corrected chi connectivity index (χ2v) is 4.62. The Balaban J connectivity index is 1.83. The van der Waals surface area contributed by atoms with Crippen molar-refractivity contribution < 1.29 is 0 Å². The standard InChI is InChI=1S/C15H17N3S/c1-2-12-3-5-14(6-4-12)18-15(19)17-11-13-7-9-16-10-8-13/h3-10H,2,11H2,1H3,(H2,17,18,19). The van der Waals surface area contributed by atoms with Crippen LogP contribution in [0.5, 0.6) is 0 Å². The minimum Gasteiger partial charge on any atom is -0.358 e. The summed E-state index contributed by atoms with van der Waals surface area (Å²) in [4.78, 5) is 3.98. The normalized spacial score (nSPS) is 9.95. The fourth-order valence-electron chi connectivity index (χ4n) is 1.68. The van der Waals surface area contributed by atoms with Gasteiger partial charge in [0.2, 0.25) is 0 Å². The lowest BCUT2D eigenvalue weighted by Gasteiger charge is -2.10. The van der Waals surface area contributed by atoms with E-state index in [0.29, 0.717) is 11.7 Å². The van der Waals surface area contributed by atoms with Gasteiger partial charge in [-0.3, -0.25) is 4.98 Å². The summed E-state index contributed by atoms with van der Waals surface area (Å²) < 4.78 is 0. The van der Waals surface area contributed by atoms with Crippen LogP contribution in [0.2, 0.25) is 0 Å². The Morgan fingerprint density at radius 2 is 1.74 bits per heavy atom. The zero-order valence-corrected chi connectivity index (χ0v) is 11.7. The molecule has 0 aliphatic heterocycles. The topological polar surface area (TPSA) is 37.0 Å². The van der Waals surface area contributed by atoms with Gasteiger partial charge in [0.15, 0.2) is 5.11 Å². The molecule has 19 heavy (non-hydrogen) atoms. The number of benzene rings is 1. The molecule has 0 aliphatic carbocycles. The molecule has 4 heteroatoms. The van der Waals surface area contributed by atoms with Crippen LogP contribution in [-0.2, 0) is 13.0 Å². The quantitative estimate of drug-likeness (QED) is 0.838. The van der Waals surface area contributed by atoms with E-state index in [-0.39, 0.29) is 0 Å². The Morgan fingerprint density at radius 3 is 2.37 bits per heavy atom. The number of nitrogens with one attached hydrogen (secondary N) is 2. The first-order valence-corrected chi connectivity index (χ1v) is 6.71. The van der Waals surface area contributed by atoms with Crippen molar-refractivity contribution in [3.8, 4) is 0 Å². The van der Waals surface area contributed by atoms with Crippen molar-refractivity contribution in [1.29, 1.82) is 0 Å². The summed E-state index contributed by atoms with van der Waals surface area (Å²) in [6.45, 7) is 2.84. The van der Waals surface area contributed by atoms with Gasteiger partial charge in [-0.05, 0) is 54.0 Å². The SMILES string of the molecule is CCc1ccc(NC(=S)NCc2ccncc2)cc1. The number of aryl methyl sites for hydroxylation is 1. The fourth-order valence-corrected chi connectivity index (χ4v) is 1.87. The third kappa shape index (κ3) is 4.34. The number of pyridine rings is 1. The van der Waals surface area contributed by atoms with Gasteiger partial charge >= 0.3 is 0 Å². The highest BCUT2D eigenvalue weighted by Crippen LogP contribution is 2.09. The molecule has 0 atom stereocenters. The maximum Gasteiger partial charge on any atom is 0.171 e. The van der Waals surface area contributed by atoms with Crippen molar-refractivity contribution in [3.05, 3.63) is 59.9 Å². The molecule has 0 aliphatic rings. The predicted molar refractivity (Wildman–Crippen MR) is 83.1 cm³/mol. The molecule has 2 rings (SSSR count). The third-order valence-electron chi connectivity index (χ3n) is 2.82. The zero-order chi connectivity index (χ0) is 13.5. The van der Waals surface area contributed by atoms with Crippen LogP contribution in [0.1, 0.15) is 18.1 Å².